The molecule has 7 nitrogen and oxygen atoms in total. The molecule has 0 saturated heterocycles. The number of methoxy groups -OCH3 is 1. The zero-order valence-electron chi connectivity index (χ0n) is 13.6. The third-order valence-corrected chi connectivity index (χ3v) is 3.94. The maximum Gasteiger partial charge on any atom is 0.316 e. The summed E-state index contributed by atoms with van der Waals surface area (Å²) in [6.07, 6.45) is 1.31. The van der Waals surface area contributed by atoms with Crippen LogP contribution in [-0.4, -0.2) is 25.6 Å². The average Bonchev–Trinajstić information content (AvgIpc) is 2.50. The molecule has 0 bridgehead atoms. The van der Waals surface area contributed by atoms with Gasteiger partial charge in [0.15, 0.2) is 0 Å². The summed E-state index contributed by atoms with van der Waals surface area (Å²) < 4.78 is 5.19. The molecule has 130 valence electrons. The van der Waals surface area contributed by atoms with Crippen molar-refractivity contribution in [2.24, 2.45) is 16.9 Å². The van der Waals surface area contributed by atoms with Crippen LogP contribution < -0.4 is 26.8 Å². The summed E-state index contributed by atoms with van der Waals surface area (Å²) in [6, 6.07) is 4.21. The Kier molecular flexibility index (Phi) is 8.42. The van der Waals surface area contributed by atoms with Crippen molar-refractivity contribution in [2.45, 2.75) is 26.7 Å². The predicted molar refractivity (Wildman–Crippen MR) is 94.1 cm³/mol. The summed E-state index contributed by atoms with van der Waals surface area (Å²) >= 11 is 0. The quantitative estimate of drug-likeness (QED) is 0.606. The number of urea groups is 1. The number of carbonyl (C=O) groups excluding carboxylic acids is 2. The summed E-state index contributed by atoms with van der Waals surface area (Å²) in [6.45, 7) is 4.16. The molecule has 0 aromatic heterocycles. The second kappa shape index (κ2) is 9.22. The SMILES string of the molecule is CCC(CC)(CN)C(=O)Nc1ccc(NC(N)=O)c(OC)c1.Cl. The fourth-order valence-electron chi connectivity index (χ4n) is 2.22. The van der Waals surface area contributed by atoms with E-state index in [4.69, 9.17) is 16.2 Å². The Morgan fingerprint density at radius 2 is 1.83 bits per heavy atom. The van der Waals surface area contributed by atoms with Crippen molar-refractivity contribution in [3.63, 3.8) is 0 Å². The Morgan fingerprint density at radius 1 is 1.22 bits per heavy atom. The molecule has 0 aliphatic carbocycles. The molecular formula is C15H25ClN4O3. The number of benzene rings is 1. The Bertz CT molecular complexity index is 539. The first kappa shape index (κ1) is 21.0. The summed E-state index contributed by atoms with van der Waals surface area (Å²) in [4.78, 5) is 23.4. The van der Waals surface area contributed by atoms with Crippen LogP contribution in [0.2, 0.25) is 0 Å². The fourth-order valence-corrected chi connectivity index (χ4v) is 2.22. The van der Waals surface area contributed by atoms with Gasteiger partial charge in [-0.25, -0.2) is 4.79 Å². The molecule has 0 aliphatic rings. The highest BCUT2D eigenvalue weighted by Crippen LogP contribution is 2.30. The summed E-state index contributed by atoms with van der Waals surface area (Å²) in [5.41, 5.74) is 11.3. The second-order valence-electron chi connectivity index (χ2n) is 5.05. The lowest BCUT2D eigenvalue weighted by molar-refractivity contribution is -0.125. The van der Waals surface area contributed by atoms with Crippen molar-refractivity contribution >= 4 is 35.7 Å². The van der Waals surface area contributed by atoms with Crippen molar-refractivity contribution in [1.82, 2.24) is 0 Å². The first-order chi connectivity index (χ1) is 10.4. The maximum absolute atomic E-state index is 12.5. The highest BCUT2D eigenvalue weighted by atomic mass is 35.5. The molecule has 6 N–H and O–H groups in total. The van der Waals surface area contributed by atoms with Gasteiger partial charge in [-0.15, -0.1) is 12.4 Å². The van der Waals surface area contributed by atoms with Gasteiger partial charge >= 0.3 is 6.03 Å². The van der Waals surface area contributed by atoms with Crippen LogP contribution >= 0.6 is 12.4 Å². The fraction of sp³-hybridized carbons (Fsp3) is 0.467. The Morgan fingerprint density at radius 3 is 2.26 bits per heavy atom. The average molecular weight is 345 g/mol. The van der Waals surface area contributed by atoms with Crippen LogP contribution in [-0.2, 0) is 4.79 Å². The van der Waals surface area contributed by atoms with Crippen LogP contribution in [0.1, 0.15) is 26.7 Å². The van der Waals surface area contributed by atoms with E-state index in [1.807, 2.05) is 13.8 Å². The minimum Gasteiger partial charge on any atom is -0.494 e. The number of amides is 3. The molecule has 0 fully saturated rings. The Labute approximate surface area is 142 Å². The number of ether oxygens (including phenoxy) is 1. The lowest BCUT2D eigenvalue weighted by Crippen LogP contribution is -2.41. The number of anilines is 2. The molecule has 8 heteroatoms. The third-order valence-electron chi connectivity index (χ3n) is 3.94. The van der Waals surface area contributed by atoms with E-state index in [0.717, 1.165) is 0 Å². The molecule has 0 spiro atoms. The van der Waals surface area contributed by atoms with Gasteiger partial charge in [0.25, 0.3) is 0 Å². The largest absolute Gasteiger partial charge is 0.494 e. The Balaban J connectivity index is 0.00000484. The number of halogens is 1. The molecule has 0 radical (unpaired) electrons. The van der Waals surface area contributed by atoms with E-state index in [9.17, 15) is 9.59 Å². The van der Waals surface area contributed by atoms with Crippen molar-refractivity contribution in [3.05, 3.63) is 18.2 Å². The highest BCUT2D eigenvalue weighted by molar-refractivity contribution is 5.96. The molecule has 0 atom stereocenters. The number of nitrogens with one attached hydrogen (secondary N) is 2. The molecule has 1 aromatic rings. The number of hydrogen-bond acceptors (Lipinski definition) is 4. The van der Waals surface area contributed by atoms with Gasteiger partial charge in [-0.05, 0) is 25.0 Å². The number of nitrogens with two attached hydrogens (primary N) is 2. The number of primary amides is 1. The van der Waals surface area contributed by atoms with Gasteiger partial charge in [0.05, 0.1) is 18.2 Å². The molecule has 0 unspecified atom stereocenters. The molecule has 1 aromatic carbocycles. The van der Waals surface area contributed by atoms with Crippen molar-refractivity contribution in [3.8, 4) is 5.75 Å². The van der Waals surface area contributed by atoms with Crippen LogP contribution in [0.15, 0.2) is 18.2 Å². The second-order valence-corrected chi connectivity index (χ2v) is 5.05. The van der Waals surface area contributed by atoms with Gasteiger partial charge in [-0.3, -0.25) is 4.79 Å². The topological polar surface area (TPSA) is 119 Å². The van der Waals surface area contributed by atoms with Crippen LogP contribution in [0.3, 0.4) is 0 Å². The third kappa shape index (κ3) is 5.01. The van der Waals surface area contributed by atoms with Crippen molar-refractivity contribution in [2.75, 3.05) is 24.3 Å². The van der Waals surface area contributed by atoms with E-state index >= 15 is 0 Å². The molecule has 1 rings (SSSR count). The van der Waals surface area contributed by atoms with Crippen LogP contribution in [0.5, 0.6) is 5.75 Å². The molecular weight excluding hydrogens is 320 g/mol. The van der Waals surface area contributed by atoms with Crippen LogP contribution in [0, 0.1) is 5.41 Å². The zero-order valence-corrected chi connectivity index (χ0v) is 14.5. The van der Waals surface area contributed by atoms with E-state index in [1.165, 1.54) is 7.11 Å². The van der Waals surface area contributed by atoms with Gasteiger partial charge in [-0.2, -0.15) is 0 Å². The standard InChI is InChI=1S/C15H24N4O3.ClH/c1-4-15(5-2,9-16)13(20)18-10-6-7-11(19-14(17)21)12(8-10)22-3;/h6-8H,4-5,9,16H2,1-3H3,(H,18,20)(H3,17,19,21);1H. The molecule has 23 heavy (non-hydrogen) atoms. The van der Waals surface area contributed by atoms with Crippen molar-refractivity contribution in [1.29, 1.82) is 0 Å². The predicted octanol–water partition coefficient (Wildman–Crippen LogP) is 2.31. The lowest BCUT2D eigenvalue weighted by atomic mass is 9.81. The van der Waals surface area contributed by atoms with Crippen LogP contribution in [0.25, 0.3) is 0 Å². The molecule has 3 amide bonds. The number of rotatable bonds is 7. The molecule has 0 saturated carbocycles. The summed E-state index contributed by atoms with van der Waals surface area (Å²) in [5.74, 6) is 0.278. The van der Waals surface area contributed by atoms with Gasteiger partial charge in [0.2, 0.25) is 5.91 Å². The smallest absolute Gasteiger partial charge is 0.316 e. The molecule has 0 heterocycles. The highest BCUT2D eigenvalue weighted by Gasteiger charge is 2.33. The van der Waals surface area contributed by atoms with Gasteiger partial charge < -0.3 is 26.8 Å². The minimum absolute atomic E-state index is 0. The summed E-state index contributed by atoms with van der Waals surface area (Å²) in [5, 5.41) is 5.30. The number of carbonyl (C=O) groups is 2. The first-order valence-electron chi connectivity index (χ1n) is 7.18. The van der Waals surface area contributed by atoms with Crippen LogP contribution in [0.4, 0.5) is 16.2 Å². The number of hydrogen-bond donors (Lipinski definition) is 4. The van der Waals surface area contributed by atoms with E-state index in [0.29, 0.717) is 30.0 Å². The Hall–Kier alpha value is -1.99. The first-order valence-corrected chi connectivity index (χ1v) is 7.18. The van der Waals surface area contributed by atoms with Crippen molar-refractivity contribution < 1.29 is 14.3 Å². The molecule has 0 aliphatic heterocycles. The summed E-state index contributed by atoms with van der Waals surface area (Å²) in [7, 11) is 1.47. The van der Waals surface area contributed by atoms with E-state index in [-0.39, 0.29) is 24.9 Å². The van der Waals surface area contributed by atoms with E-state index < -0.39 is 11.4 Å². The lowest BCUT2D eigenvalue weighted by Gasteiger charge is -2.28. The van der Waals surface area contributed by atoms with E-state index in [2.05, 4.69) is 10.6 Å². The minimum atomic E-state index is -0.686. The van der Waals surface area contributed by atoms with Gasteiger partial charge in [-0.1, -0.05) is 13.8 Å². The monoisotopic (exact) mass is 344 g/mol. The normalized spacial score (nSPS) is 10.4. The zero-order chi connectivity index (χ0) is 16.8. The van der Waals surface area contributed by atoms with Gasteiger partial charge in [0.1, 0.15) is 5.75 Å². The maximum atomic E-state index is 12.5. The van der Waals surface area contributed by atoms with E-state index in [1.54, 1.807) is 18.2 Å². The van der Waals surface area contributed by atoms with Gasteiger partial charge in [0, 0.05) is 18.3 Å².